The fraction of sp³-hybridized carbons (Fsp3) is 0.500. The zero-order valence-corrected chi connectivity index (χ0v) is 11.8. The topological polar surface area (TPSA) is 58.6 Å². The molecule has 0 aliphatic heterocycles. The Bertz CT molecular complexity index is 634. The predicted octanol–water partition coefficient (Wildman–Crippen LogP) is 1.33. The van der Waals surface area contributed by atoms with Gasteiger partial charge in [0.15, 0.2) is 5.58 Å². The van der Waals surface area contributed by atoms with Gasteiger partial charge in [0.25, 0.3) is 0 Å². The van der Waals surface area contributed by atoms with Crippen LogP contribution in [0, 0.1) is 0 Å². The number of aliphatic hydroxyl groups is 1. The van der Waals surface area contributed by atoms with E-state index in [1.165, 1.54) is 4.57 Å². The molecule has 5 heteroatoms. The molecule has 1 aromatic carbocycles. The molecule has 0 amide bonds. The SMILES string of the molecule is CN(Cc1ccc2c(c1)oc(=O)n2C)CC(C)(C)O. The number of fused-ring (bicyclic) bond motifs is 1. The molecule has 0 aliphatic carbocycles. The average molecular weight is 264 g/mol. The molecule has 104 valence electrons. The van der Waals surface area contributed by atoms with Crippen LogP contribution in [0.1, 0.15) is 19.4 Å². The van der Waals surface area contributed by atoms with Crippen LogP contribution in [0.3, 0.4) is 0 Å². The molecule has 19 heavy (non-hydrogen) atoms. The lowest BCUT2D eigenvalue weighted by Crippen LogP contribution is -2.35. The molecule has 0 saturated carbocycles. The molecule has 1 heterocycles. The van der Waals surface area contributed by atoms with E-state index < -0.39 is 5.60 Å². The zero-order chi connectivity index (χ0) is 14.2. The Morgan fingerprint density at radius 3 is 2.74 bits per heavy atom. The molecular formula is C14H20N2O3. The van der Waals surface area contributed by atoms with E-state index in [0.717, 1.165) is 11.1 Å². The monoisotopic (exact) mass is 264 g/mol. The van der Waals surface area contributed by atoms with Gasteiger partial charge >= 0.3 is 5.76 Å². The van der Waals surface area contributed by atoms with Crippen LogP contribution in [-0.2, 0) is 13.6 Å². The summed E-state index contributed by atoms with van der Waals surface area (Å²) in [6.07, 6.45) is 0. The molecule has 0 spiro atoms. The Kier molecular flexibility index (Phi) is 3.52. The van der Waals surface area contributed by atoms with Gasteiger partial charge in [-0.25, -0.2) is 4.79 Å². The van der Waals surface area contributed by atoms with Crippen molar-refractivity contribution in [3.63, 3.8) is 0 Å². The lowest BCUT2D eigenvalue weighted by molar-refractivity contribution is 0.0425. The van der Waals surface area contributed by atoms with Crippen LogP contribution in [0.15, 0.2) is 27.4 Å². The van der Waals surface area contributed by atoms with Gasteiger partial charge < -0.3 is 9.52 Å². The minimum atomic E-state index is -0.724. The maximum atomic E-state index is 11.4. The quantitative estimate of drug-likeness (QED) is 0.905. The second-order valence-electron chi connectivity index (χ2n) is 5.71. The summed E-state index contributed by atoms with van der Waals surface area (Å²) in [5.41, 5.74) is 1.71. The molecule has 0 radical (unpaired) electrons. The third-order valence-electron chi connectivity index (χ3n) is 2.97. The second kappa shape index (κ2) is 4.83. The van der Waals surface area contributed by atoms with Crippen molar-refractivity contribution in [2.45, 2.75) is 26.0 Å². The molecule has 0 bridgehead atoms. The number of aryl methyl sites for hydroxylation is 1. The largest absolute Gasteiger partial charge is 0.419 e. The molecule has 1 aromatic heterocycles. The van der Waals surface area contributed by atoms with Gasteiger partial charge in [0.2, 0.25) is 0 Å². The van der Waals surface area contributed by atoms with Crippen molar-refractivity contribution < 1.29 is 9.52 Å². The van der Waals surface area contributed by atoms with E-state index in [-0.39, 0.29) is 5.76 Å². The first-order valence-corrected chi connectivity index (χ1v) is 6.26. The van der Waals surface area contributed by atoms with Gasteiger partial charge in [0.1, 0.15) is 0 Å². The molecule has 5 nitrogen and oxygen atoms in total. The van der Waals surface area contributed by atoms with Crippen LogP contribution in [0.4, 0.5) is 0 Å². The Morgan fingerprint density at radius 1 is 1.42 bits per heavy atom. The Morgan fingerprint density at radius 2 is 2.11 bits per heavy atom. The van der Waals surface area contributed by atoms with E-state index in [9.17, 15) is 9.90 Å². The fourth-order valence-corrected chi connectivity index (χ4v) is 2.30. The second-order valence-corrected chi connectivity index (χ2v) is 5.71. The van der Waals surface area contributed by atoms with E-state index in [0.29, 0.717) is 18.7 Å². The molecule has 2 rings (SSSR count). The van der Waals surface area contributed by atoms with Gasteiger partial charge in [-0.15, -0.1) is 0 Å². The van der Waals surface area contributed by atoms with Crippen molar-refractivity contribution in [1.82, 2.24) is 9.47 Å². The van der Waals surface area contributed by atoms with E-state index in [1.807, 2.05) is 30.1 Å². The minimum Gasteiger partial charge on any atom is -0.408 e. The number of hydrogen-bond acceptors (Lipinski definition) is 4. The number of aromatic nitrogens is 1. The summed E-state index contributed by atoms with van der Waals surface area (Å²) in [5.74, 6) is -0.350. The number of hydrogen-bond donors (Lipinski definition) is 1. The Balaban J connectivity index is 2.20. The standard InChI is InChI=1S/C14H20N2O3/c1-14(2,18)9-15(3)8-10-5-6-11-12(7-10)19-13(17)16(11)4/h5-7,18H,8-9H2,1-4H3. The molecule has 0 saturated heterocycles. The van der Waals surface area contributed by atoms with Crippen LogP contribution in [-0.4, -0.2) is 33.8 Å². The van der Waals surface area contributed by atoms with Crippen molar-refractivity contribution in [2.75, 3.05) is 13.6 Å². The summed E-state index contributed by atoms with van der Waals surface area (Å²) in [5, 5.41) is 9.77. The minimum absolute atomic E-state index is 0.350. The highest BCUT2D eigenvalue weighted by molar-refractivity contribution is 5.73. The smallest absolute Gasteiger partial charge is 0.408 e. The van der Waals surface area contributed by atoms with Crippen molar-refractivity contribution in [2.24, 2.45) is 7.05 Å². The van der Waals surface area contributed by atoms with Crippen LogP contribution in [0.25, 0.3) is 11.1 Å². The highest BCUT2D eigenvalue weighted by Crippen LogP contribution is 2.16. The first-order valence-electron chi connectivity index (χ1n) is 6.26. The summed E-state index contributed by atoms with van der Waals surface area (Å²) < 4.78 is 6.65. The lowest BCUT2D eigenvalue weighted by Gasteiger charge is -2.25. The number of rotatable bonds is 4. The normalized spacial score (nSPS) is 12.5. The number of oxazole rings is 1. The fourth-order valence-electron chi connectivity index (χ4n) is 2.30. The highest BCUT2D eigenvalue weighted by atomic mass is 16.4. The first kappa shape index (κ1) is 13.8. The van der Waals surface area contributed by atoms with Crippen LogP contribution in [0.2, 0.25) is 0 Å². The molecule has 0 aliphatic rings. The van der Waals surface area contributed by atoms with Crippen molar-refractivity contribution in [3.05, 3.63) is 34.3 Å². The third-order valence-corrected chi connectivity index (χ3v) is 2.97. The van der Waals surface area contributed by atoms with Crippen LogP contribution < -0.4 is 5.76 Å². The Hall–Kier alpha value is -1.59. The molecule has 0 unspecified atom stereocenters. The molecule has 0 fully saturated rings. The van der Waals surface area contributed by atoms with E-state index in [2.05, 4.69) is 0 Å². The summed E-state index contributed by atoms with van der Waals surface area (Å²) in [4.78, 5) is 13.4. The van der Waals surface area contributed by atoms with E-state index in [1.54, 1.807) is 20.9 Å². The molecule has 1 N–H and O–H groups in total. The summed E-state index contributed by atoms with van der Waals surface area (Å²) in [7, 11) is 3.64. The van der Waals surface area contributed by atoms with Gasteiger partial charge in [-0.3, -0.25) is 9.47 Å². The highest BCUT2D eigenvalue weighted by Gasteiger charge is 2.16. The van der Waals surface area contributed by atoms with Crippen molar-refractivity contribution >= 4 is 11.1 Å². The molecule has 0 atom stereocenters. The summed E-state index contributed by atoms with van der Waals surface area (Å²) in [6.45, 7) is 4.83. The molecule has 2 aromatic rings. The average Bonchev–Trinajstić information content (AvgIpc) is 2.51. The number of nitrogens with zero attached hydrogens (tertiary/aromatic N) is 2. The first-order chi connectivity index (χ1) is 8.76. The number of benzene rings is 1. The lowest BCUT2D eigenvalue weighted by atomic mass is 10.1. The van der Waals surface area contributed by atoms with Crippen molar-refractivity contribution in [1.29, 1.82) is 0 Å². The van der Waals surface area contributed by atoms with E-state index >= 15 is 0 Å². The van der Waals surface area contributed by atoms with Gasteiger partial charge in [-0.05, 0) is 38.6 Å². The maximum Gasteiger partial charge on any atom is 0.419 e. The van der Waals surface area contributed by atoms with Gasteiger partial charge in [-0.2, -0.15) is 0 Å². The van der Waals surface area contributed by atoms with Gasteiger partial charge in [-0.1, -0.05) is 6.07 Å². The van der Waals surface area contributed by atoms with Crippen molar-refractivity contribution in [3.8, 4) is 0 Å². The van der Waals surface area contributed by atoms with E-state index in [4.69, 9.17) is 4.42 Å². The van der Waals surface area contributed by atoms with Crippen LogP contribution in [0.5, 0.6) is 0 Å². The summed E-state index contributed by atoms with van der Waals surface area (Å²) in [6, 6.07) is 5.73. The molecular weight excluding hydrogens is 244 g/mol. The predicted molar refractivity (Wildman–Crippen MR) is 74.1 cm³/mol. The maximum absolute atomic E-state index is 11.4. The zero-order valence-electron chi connectivity index (χ0n) is 11.8. The Labute approximate surface area is 112 Å². The third kappa shape index (κ3) is 3.24. The van der Waals surface area contributed by atoms with Crippen LogP contribution >= 0.6 is 0 Å². The summed E-state index contributed by atoms with van der Waals surface area (Å²) >= 11 is 0. The van der Waals surface area contributed by atoms with Gasteiger partial charge in [0.05, 0.1) is 11.1 Å². The van der Waals surface area contributed by atoms with Gasteiger partial charge in [0, 0.05) is 20.1 Å². The number of likely N-dealkylation sites (N-methyl/N-ethyl adjacent to an activating group) is 1.